The number of nitrogens with zero attached hydrogens (tertiary/aromatic N) is 1. The van der Waals surface area contributed by atoms with E-state index in [2.05, 4.69) is 0 Å². The van der Waals surface area contributed by atoms with Crippen LogP contribution in [0, 0.1) is 11.7 Å². The zero-order chi connectivity index (χ0) is 14.0. The van der Waals surface area contributed by atoms with Crippen molar-refractivity contribution in [2.45, 2.75) is 30.0 Å². The maximum atomic E-state index is 12.8. The number of rotatable bonds is 3. The molecule has 0 N–H and O–H groups in total. The Bertz CT molecular complexity index is 522. The summed E-state index contributed by atoms with van der Waals surface area (Å²) in [6.07, 6.45) is 1.54. The van der Waals surface area contributed by atoms with Crippen LogP contribution in [0.15, 0.2) is 29.2 Å². The molecule has 1 unspecified atom stereocenters. The lowest BCUT2D eigenvalue weighted by Gasteiger charge is -2.32. The van der Waals surface area contributed by atoms with Crippen molar-refractivity contribution in [1.82, 2.24) is 4.31 Å². The topological polar surface area (TPSA) is 37.4 Å². The second kappa shape index (κ2) is 5.77. The van der Waals surface area contributed by atoms with Crippen LogP contribution in [-0.4, -0.2) is 31.2 Å². The average molecular weight is 306 g/mol. The number of halogens is 2. The normalized spacial score (nSPS) is 20.4. The minimum Gasteiger partial charge on any atom is -0.207 e. The highest BCUT2D eigenvalue weighted by atomic mass is 35.5. The minimum atomic E-state index is -3.50. The fourth-order valence-corrected chi connectivity index (χ4v) is 4.05. The second-order valence-electron chi connectivity index (χ2n) is 4.87. The van der Waals surface area contributed by atoms with E-state index in [0.29, 0.717) is 19.0 Å². The molecule has 1 atom stereocenters. The Morgan fingerprint density at radius 2 is 1.79 bits per heavy atom. The maximum Gasteiger partial charge on any atom is 0.243 e. The molecular weight excluding hydrogens is 289 g/mol. The van der Waals surface area contributed by atoms with Gasteiger partial charge in [0.1, 0.15) is 5.82 Å². The Hall–Kier alpha value is -0.650. The fourth-order valence-electron chi connectivity index (χ4n) is 2.33. The van der Waals surface area contributed by atoms with Crippen molar-refractivity contribution in [2.75, 3.05) is 13.1 Å². The highest BCUT2D eigenvalue weighted by Gasteiger charge is 2.30. The van der Waals surface area contributed by atoms with E-state index < -0.39 is 15.8 Å². The van der Waals surface area contributed by atoms with Crippen molar-refractivity contribution in [3.05, 3.63) is 30.1 Å². The van der Waals surface area contributed by atoms with Gasteiger partial charge in [-0.05, 0) is 49.9 Å². The first kappa shape index (κ1) is 14.8. The van der Waals surface area contributed by atoms with Crippen LogP contribution in [0.5, 0.6) is 0 Å². The predicted molar refractivity (Wildman–Crippen MR) is 73.2 cm³/mol. The molecule has 0 spiro atoms. The first-order valence-electron chi connectivity index (χ1n) is 6.31. The SMILES string of the molecule is CC(Cl)C1CCN(S(=O)(=O)c2ccc(F)cc2)CC1. The molecule has 1 aromatic rings. The van der Waals surface area contributed by atoms with Crippen LogP contribution in [0.25, 0.3) is 0 Å². The Morgan fingerprint density at radius 1 is 1.26 bits per heavy atom. The zero-order valence-electron chi connectivity index (χ0n) is 10.7. The van der Waals surface area contributed by atoms with E-state index in [9.17, 15) is 12.8 Å². The summed E-state index contributed by atoms with van der Waals surface area (Å²) in [7, 11) is -3.50. The van der Waals surface area contributed by atoms with E-state index in [-0.39, 0.29) is 10.3 Å². The fraction of sp³-hybridized carbons (Fsp3) is 0.538. The van der Waals surface area contributed by atoms with Crippen LogP contribution in [0.1, 0.15) is 19.8 Å². The molecule has 1 aliphatic rings. The first-order chi connectivity index (χ1) is 8.91. The molecule has 0 saturated carbocycles. The van der Waals surface area contributed by atoms with Crippen molar-refractivity contribution in [3.8, 4) is 0 Å². The van der Waals surface area contributed by atoms with E-state index in [4.69, 9.17) is 11.6 Å². The Balaban J connectivity index is 2.12. The second-order valence-corrected chi connectivity index (χ2v) is 7.50. The van der Waals surface area contributed by atoms with Gasteiger partial charge in [-0.3, -0.25) is 0 Å². The van der Waals surface area contributed by atoms with Gasteiger partial charge >= 0.3 is 0 Å². The molecule has 106 valence electrons. The van der Waals surface area contributed by atoms with Gasteiger partial charge in [0, 0.05) is 18.5 Å². The van der Waals surface area contributed by atoms with Crippen LogP contribution in [-0.2, 0) is 10.0 Å². The van der Waals surface area contributed by atoms with Crippen molar-refractivity contribution >= 4 is 21.6 Å². The molecule has 2 rings (SSSR count). The summed E-state index contributed by atoms with van der Waals surface area (Å²) in [5, 5.41) is 0.0654. The van der Waals surface area contributed by atoms with E-state index in [0.717, 1.165) is 12.8 Å². The molecule has 1 fully saturated rings. The molecule has 3 nitrogen and oxygen atoms in total. The van der Waals surface area contributed by atoms with Gasteiger partial charge in [-0.25, -0.2) is 12.8 Å². The van der Waals surface area contributed by atoms with Gasteiger partial charge in [0.25, 0.3) is 0 Å². The highest BCUT2D eigenvalue weighted by Crippen LogP contribution is 2.27. The summed E-state index contributed by atoms with van der Waals surface area (Å²) in [6, 6.07) is 4.95. The van der Waals surface area contributed by atoms with Crippen molar-refractivity contribution in [2.24, 2.45) is 5.92 Å². The Kier molecular flexibility index (Phi) is 4.48. The third kappa shape index (κ3) is 3.27. The maximum absolute atomic E-state index is 12.8. The third-order valence-electron chi connectivity index (χ3n) is 3.60. The standard InChI is InChI=1S/C13H17ClFNO2S/c1-10(14)11-6-8-16(9-7-11)19(17,18)13-4-2-12(15)3-5-13/h2-5,10-11H,6-9H2,1H3. The molecule has 1 aliphatic heterocycles. The van der Waals surface area contributed by atoms with Gasteiger partial charge in [0.05, 0.1) is 4.90 Å². The number of alkyl halides is 1. The molecule has 0 radical (unpaired) electrons. The number of piperidine rings is 1. The molecule has 19 heavy (non-hydrogen) atoms. The lowest BCUT2D eigenvalue weighted by molar-refractivity contribution is 0.271. The summed E-state index contributed by atoms with van der Waals surface area (Å²) in [5.74, 6) is -0.0741. The average Bonchev–Trinajstić information content (AvgIpc) is 2.39. The van der Waals surface area contributed by atoms with Gasteiger partial charge < -0.3 is 0 Å². The van der Waals surface area contributed by atoms with Gasteiger partial charge in [0.15, 0.2) is 0 Å². The van der Waals surface area contributed by atoms with E-state index in [1.165, 1.54) is 28.6 Å². The lowest BCUT2D eigenvalue weighted by Crippen LogP contribution is -2.39. The van der Waals surface area contributed by atoms with Crippen LogP contribution >= 0.6 is 11.6 Å². The Labute approximate surface area is 118 Å². The highest BCUT2D eigenvalue weighted by molar-refractivity contribution is 7.89. The molecular formula is C13H17ClFNO2S. The zero-order valence-corrected chi connectivity index (χ0v) is 12.3. The molecule has 0 bridgehead atoms. The predicted octanol–water partition coefficient (Wildman–Crippen LogP) is 2.85. The van der Waals surface area contributed by atoms with Crippen LogP contribution in [0.3, 0.4) is 0 Å². The summed E-state index contributed by atoms with van der Waals surface area (Å²) in [5.41, 5.74) is 0. The summed E-state index contributed by atoms with van der Waals surface area (Å²) < 4.78 is 39.0. The molecule has 6 heteroatoms. The molecule has 0 aliphatic carbocycles. The quantitative estimate of drug-likeness (QED) is 0.805. The number of hydrogen-bond donors (Lipinski definition) is 0. The van der Waals surface area contributed by atoms with Crippen LogP contribution in [0.4, 0.5) is 4.39 Å². The van der Waals surface area contributed by atoms with Gasteiger partial charge in [-0.2, -0.15) is 4.31 Å². The lowest BCUT2D eigenvalue weighted by atomic mass is 9.95. The molecule has 1 heterocycles. The molecule has 0 amide bonds. The van der Waals surface area contributed by atoms with Crippen molar-refractivity contribution in [3.63, 3.8) is 0 Å². The summed E-state index contributed by atoms with van der Waals surface area (Å²) in [6.45, 7) is 2.89. The van der Waals surface area contributed by atoms with Crippen molar-refractivity contribution in [1.29, 1.82) is 0 Å². The molecule has 0 aromatic heterocycles. The molecule has 1 aromatic carbocycles. The van der Waals surface area contributed by atoms with Gasteiger partial charge in [0.2, 0.25) is 10.0 Å². The number of hydrogen-bond acceptors (Lipinski definition) is 2. The number of sulfonamides is 1. The molecule has 1 saturated heterocycles. The van der Waals surface area contributed by atoms with E-state index in [1.54, 1.807) is 0 Å². The third-order valence-corrected chi connectivity index (χ3v) is 5.87. The van der Waals surface area contributed by atoms with Crippen molar-refractivity contribution < 1.29 is 12.8 Å². The van der Waals surface area contributed by atoms with Crippen LogP contribution < -0.4 is 0 Å². The van der Waals surface area contributed by atoms with Crippen LogP contribution in [0.2, 0.25) is 0 Å². The van der Waals surface area contributed by atoms with E-state index >= 15 is 0 Å². The van der Waals surface area contributed by atoms with Gasteiger partial charge in [-0.1, -0.05) is 0 Å². The summed E-state index contributed by atoms with van der Waals surface area (Å²) >= 11 is 6.04. The largest absolute Gasteiger partial charge is 0.243 e. The smallest absolute Gasteiger partial charge is 0.207 e. The number of benzene rings is 1. The minimum absolute atomic E-state index is 0.0654. The first-order valence-corrected chi connectivity index (χ1v) is 8.18. The van der Waals surface area contributed by atoms with Gasteiger partial charge in [-0.15, -0.1) is 11.6 Å². The Morgan fingerprint density at radius 3 is 2.26 bits per heavy atom. The summed E-state index contributed by atoms with van der Waals surface area (Å²) in [4.78, 5) is 0.145. The van der Waals surface area contributed by atoms with E-state index in [1.807, 2.05) is 6.92 Å². The monoisotopic (exact) mass is 305 g/mol.